The average Bonchev–Trinajstić information content (AvgIpc) is 3.22. The minimum atomic E-state index is 0.404. The van der Waals surface area contributed by atoms with Gasteiger partial charge in [0.2, 0.25) is 4.96 Å². The van der Waals surface area contributed by atoms with Crippen LogP contribution in [-0.4, -0.2) is 19.8 Å². The summed E-state index contributed by atoms with van der Waals surface area (Å²) in [7, 11) is 0. The van der Waals surface area contributed by atoms with Crippen LogP contribution in [0.2, 0.25) is 0 Å². The number of benzene rings is 1. The van der Waals surface area contributed by atoms with Crippen LogP contribution in [0.15, 0.2) is 41.0 Å². The molecule has 0 radical (unpaired) electrons. The molecule has 1 aromatic carbocycles. The topological polar surface area (TPSA) is 65.5 Å². The van der Waals surface area contributed by atoms with Crippen molar-refractivity contribution < 1.29 is 9.15 Å². The maximum Gasteiger partial charge on any atom is 0.235 e. The van der Waals surface area contributed by atoms with Gasteiger partial charge < -0.3 is 9.15 Å². The number of ether oxygens (including phenoxy) is 1. The highest BCUT2D eigenvalue weighted by atomic mass is 32.1. The third kappa shape index (κ3) is 2.59. The first-order valence-corrected chi connectivity index (χ1v) is 7.97. The highest BCUT2D eigenvalue weighted by Gasteiger charge is 2.16. The van der Waals surface area contributed by atoms with Crippen LogP contribution in [0.3, 0.4) is 0 Å². The van der Waals surface area contributed by atoms with Gasteiger partial charge in [0.05, 0.1) is 11.8 Å². The Hall–Kier alpha value is -2.67. The fraction of sp³-hybridized carbons (Fsp3) is 0.188. The molecule has 4 rings (SSSR count). The Morgan fingerprint density at radius 2 is 1.96 bits per heavy atom. The Kier molecular flexibility index (Phi) is 3.34. The van der Waals surface area contributed by atoms with Crippen LogP contribution in [-0.2, 0) is 6.61 Å². The van der Waals surface area contributed by atoms with Crippen molar-refractivity contribution in [3.05, 3.63) is 52.9 Å². The molecule has 23 heavy (non-hydrogen) atoms. The average molecular weight is 326 g/mol. The Labute approximate surface area is 136 Å². The van der Waals surface area contributed by atoms with Gasteiger partial charge in [-0.1, -0.05) is 29.0 Å². The fourth-order valence-electron chi connectivity index (χ4n) is 2.28. The van der Waals surface area contributed by atoms with E-state index in [9.17, 15) is 0 Å². The lowest BCUT2D eigenvalue weighted by molar-refractivity contribution is 0.304. The van der Waals surface area contributed by atoms with Gasteiger partial charge in [-0.2, -0.15) is 9.61 Å². The summed E-state index contributed by atoms with van der Waals surface area (Å²) in [5.74, 6) is 2.31. The summed E-state index contributed by atoms with van der Waals surface area (Å²) >= 11 is 1.47. The highest BCUT2D eigenvalue weighted by molar-refractivity contribution is 7.16. The van der Waals surface area contributed by atoms with Crippen molar-refractivity contribution in [2.45, 2.75) is 20.5 Å². The number of aryl methyl sites for hydroxylation is 2. The molecule has 0 bridgehead atoms. The minimum Gasteiger partial charge on any atom is -0.486 e. The summed E-state index contributed by atoms with van der Waals surface area (Å²) < 4.78 is 12.8. The molecule has 0 saturated heterocycles. The first kappa shape index (κ1) is 14.0. The van der Waals surface area contributed by atoms with Crippen molar-refractivity contribution in [1.29, 1.82) is 0 Å². The molecular weight excluding hydrogens is 312 g/mol. The van der Waals surface area contributed by atoms with Crippen LogP contribution >= 0.6 is 11.3 Å². The molecule has 0 fully saturated rings. The summed E-state index contributed by atoms with van der Waals surface area (Å²) in [5.41, 5.74) is 2.10. The molecular formula is C16H14N4O2S. The normalized spacial score (nSPS) is 11.2. The molecule has 3 heterocycles. The van der Waals surface area contributed by atoms with Crippen LogP contribution in [0, 0.1) is 13.8 Å². The maximum atomic E-state index is 5.77. The third-order valence-corrected chi connectivity index (χ3v) is 4.39. The quantitative estimate of drug-likeness (QED) is 0.573. The summed E-state index contributed by atoms with van der Waals surface area (Å²) in [6, 6.07) is 9.82. The monoisotopic (exact) mass is 326 g/mol. The van der Waals surface area contributed by atoms with Gasteiger partial charge >= 0.3 is 0 Å². The Bertz CT molecular complexity index is 952. The number of furan rings is 1. The zero-order chi connectivity index (χ0) is 15.8. The third-order valence-electron chi connectivity index (χ3n) is 3.52. The molecule has 0 aliphatic carbocycles. The minimum absolute atomic E-state index is 0.404. The number of hydrogen-bond donors (Lipinski definition) is 0. The summed E-state index contributed by atoms with van der Waals surface area (Å²) in [6.07, 6.45) is 1.64. The molecule has 4 aromatic rings. The molecule has 0 aliphatic rings. The van der Waals surface area contributed by atoms with E-state index in [0.717, 1.165) is 27.0 Å². The Morgan fingerprint density at radius 1 is 1.13 bits per heavy atom. The van der Waals surface area contributed by atoms with Gasteiger partial charge in [0.25, 0.3) is 0 Å². The van der Waals surface area contributed by atoms with Crippen molar-refractivity contribution in [3.8, 4) is 17.1 Å². The van der Waals surface area contributed by atoms with Crippen molar-refractivity contribution in [2.24, 2.45) is 0 Å². The highest BCUT2D eigenvalue weighted by Crippen LogP contribution is 2.25. The Balaban J connectivity index is 1.59. The molecule has 0 unspecified atom stereocenters. The standard InChI is InChI=1S/C16H14N4O2S/c1-10-3-5-12(6-4-10)22-9-14-19-20-15(17-18-16(20)23-14)13-7-8-21-11(13)2/h3-8H,9H2,1-2H3. The maximum absolute atomic E-state index is 5.77. The van der Waals surface area contributed by atoms with Gasteiger partial charge in [0, 0.05) is 0 Å². The number of rotatable bonds is 4. The number of fused-ring (bicyclic) bond motifs is 1. The van der Waals surface area contributed by atoms with Gasteiger partial charge in [0.1, 0.15) is 18.1 Å². The molecule has 0 spiro atoms. The smallest absolute Gasteiger partial charge is 0.235 e. The van der Waals surface area contributed by atoms with Gasteiger partial charge in [-0.15, -0.1) is 10.2 Å². The van der Waals surface area contributed by atoms with E-state index in [1.807, 2.05) is 44.2 Å². The summed E-state index contributed by atoms with van der Waals surface area (Å²) in [5, 5.41) is 13.8. The lowest BCUT2D eigenvalue weighted by Gasteiger charge is -2.03. The van der Waals surface area contributed by atoms with Gasteiger partial charge in [-0.05, 0) is 32.0 Å². The van der Waals surface area contributed by atoms with Gasteiger partial charge in [-0.25, -0.2) is 0 Å². The van der Waals surface area contributed by atoms with E-state index in [1.165, 1.54) is 16.9 Å². The van der Waals surface area contributed by atoms with Crippen molar-refractivity contribution >= 4 is 16.3 Å². The second kappa shape index (κ2) is 5.51. The van der Waals surface area contributed by atoms with Crippen molar-refractivity contribution in [1.82, 2.24) is 19.8 Å². The first-order valence-electron chi connectivity index (χ1n) is 7.16. The molecule has 7 heteroatoms. The van der Waals surface area contributed by atoms with Crippen LogP contribution in [0.1, 0.15) is 16.3 Å². The largest absolute Gasteiger partial charge is 0.486 e. The number of nitrogens with zero attached hydrogens (tertiary/aromatic N) is 4. The predicted octanol–water partition coefficient (Wildman–Crippen LogP) is 3.64. The summed E-state index contributed by atoms with van der Waals surface area (Å²) in [6.45, 7) is 4.34. The van der Waals surface area contributed by atoms with Crippen LogP contribution in [0.4, 0.5) is 0 Å². The molecule has 0 atom stereocenters. The lowest BCUT2D eigenvalue weighted by atomic mass is 10.2. The van der Waals surface area contributed by atoms with Crippen LogP contribution in [0.25, 0.3) is 16.3 Å². The fourth-order valence-corrected chi connectivity index (χ4v) is 3.03. The van der Waals surface area contributed by atoms with Crippen molar-refractivity contribution in [2.75, 3.05) is 0 Å². The predicted molar refractivity (Wildman–Crippen MR) is 86.6 cm³/mol. The van der Waals surface area contributed by atoms with E-state index < -0.39 is 0 Å². The van der Waals surface area contributed by atoms with E-state index in [0.29, 0.717) is 12.4 Å². The molecule has 0 amide bonds. The van der Waals surface area contributed by atoms with E-state index in [1.54, 1.807) is 10.8 Å². The van der Waals surface area contributed by atoms with Crippen LogP contribution in [0.5, 0.6) is 5.75 Å². The first-order chi connectivity index (χ1) is 11.2. The van der Waals surface area contributed by atoms with Gasteiger partial charge in [0.15, 0.2) is 10.8 Å². The lowest BCUT2D eigenvalue weighted by Crippen LogP contribution is -1.97. The zero-order valence-corrected chi connectivity index (χ0v) is 13.5. The number of aromatic nitrogens is 4. The number of hydrogen-bond acceptors (Lipinski definition) is 6. The second-order valence-corrected chi connectivity index (χ2v) is 6.25. The summed E-state index contributed by atoms with van der Waals surface area (Å²) in [4.78, 5) is 0.739. The molecule has 0 aliphatic heterocycles. The molecule has 6 nitrogen and oxygen atoms in total. The van der Waals surface area contributed by atoms with Crippen LogP contribution < -0.4 is 4.74 Å². The van der Waals surface area contributed by atoms with E-state index in [-0.39, 0.29) is 0 Å². The second-order valence-electron chi connectivity index (χ2n) is 5.21. The molecule has 116 valence electrons. The van der Waals surface area contributed by atoms with E-state index >= 15 is 0 Å². The van der Waals surface area contributed by atoms with Gasteiger partial charge in [-0.3, -0.25) is 0 Å². The van der Waals surface area contributed by atoms with Crippen molar-refractivity contribution in [3.63, 3.8) is 0 Å². The Morgan fingerprint density at radius 3 is 2.70 bits per heavy atom. The zero-order valence-electron chi connectivity index (χ0n) is 12.7. The van der Waals surface area contributed by atoms with E-state index in [2.05, 4.69) is 15.3 Å². The van der Waals surface area contributed by atoms with E-state index in [4.69, 9.17) is 9.15 Å². The molecule has 0 N–H and O–H groups in total. The molecule has 0 saturated carbocycles. The SMILES string of the molecule is Cc1ccc(OCc2nn3c(-c4ccoc4C)nnc3s2)cc1. The molecule has 3 aromatic heterocycles.